The van der Waals surface area contributed by atoms with Crippen LogP contribution in [0.3, 0.4) is 0 Å². The number of thiazole rings is 1. The van der Waals surface area contributed by atoms with Crippen LogP contribution in [0, 0.1) is 0 Å². The van der Waals surface area contributed by atoms with Gasteiger partial charge in [0.2, 0.25) is 0 Å². The molecule has 4 rings (SSSR count). The van der Waals surface area contributed by atoms with Crippen LogP contribution >= 0.6 is 11.3 Å². The van der Waals surface area contributed by atoms with Gasteiger partial charge >= 0.3 is 12.2 Å². The second-order valence-electron chi connectivity index (χ2n) is 9.57. The largest absolute Gasteiger partial charge is 0.479 e. The molecule has 0 bridgehead atoms. The van der Waals surface area contributed by atoms with E-state index < -0.39 is 18.4 Å². The fourth-order valence-corrected chi connectivity index (χ4v) is 4.71. The molecule has 2 atom stereocenters. The molecular weight excluding hydrogens is 550 g/mol. The van der Waals surface area contributed by atoms with E-state index in [-0.39, 0.29) is 31.8 Å². The molecule has 41 heavy (non-hydrogen) atoms. The molecule has 1 aromatic carbocycles. The molecule has 3 N–H and O–H groups in total. The fourth-order valence-electron chi connectivity index (χ4n) is 4.20. The Labute approximate surface area is 242 Å². The first-order valence-electron chi connectivity index (χ1n) is 13.2. The van der Waals surface area contributed by atoms with Crippen LogP contribution in [-0.4, -0.2) is 58.1 Å². The number of aromatic nitrogens is 1. The van der Waals surface area contributed by atoms with E-state index in [1.807, 2.05) is 49.1 Å². The van der Waals surface area contributed by atoms with Gasteiger partial charge in [-0.05, 0) is 38.3 Å². The number of amides is 2. The van der Waals surface area contributed by atoms with Crippen molar-refractivity contribution in [2.24, 2.45) is 0 Å². The molecule has 12 nitrogen and oxygen atoms in total. The van der Waals surface area contributed by atoms with E-state index >= 15 is 0 Å². The van der Waals surface area contributed by atoms with Gasteiger partial charge in [-0.1, -0.05) is 30.3 Å². The van der Waals surface area contributed by atoms with Crippen molar-refractivity contribution >= 4 is 23.5 Å². The monoisotopic (exact) mass is 585 g/mol. The number of alkyl carbamates (subject to hydrolysis) is 1. The quantitative estimate of drug-likeness (QED) is 0.181. The number of furan rings is 1. The van der Waals surface area contributed by atoms with Gasteiger partial charge in [-0.25, -0.2) is 9.59 Å². The van der Waals surface area contributed by atoms with Crippen LogP contribution < -0.4 is 10.7 Å². The summed E-state index contributed by atoms with van der Waals surface area (Å²) >= 11 is 1.41. The van der Waals surface area contributed by atoms with Crippen molar-refractivity contribution in [3.8, 4) is 0 Å². The van der Waals surface area contributed by atoms with Crippen molar-refractivity contribution in [3.63, 3.8) is 0 Å². The highest BCUT2D eigenvalue weighted by atomic mass is 32.1. The third-order valence-electron chi connectivity index (χ3n) is 6.36. The number of nitrogens with zero attached hydrogens (tertiary/aromatic N) is 3. The lowest BCUT2D eigenvalue weighted by atomic mass is 10.0. The third kappa shape index (κ3) is 8.96. The smallest absolute Gasteiger partial charge is 0.422 e. The third-order valence-corrected chi connectivity index (χ3v) is 7.12. The predicted molar refractivity (Wildman–Crippen MR) is 150 cm³/mol. The van der Waals surface area contributed by atoms with Gasteiger partial charge < -0.3 is 34.0 Å². The number of hydrazine groups is 1. The second kappa shape index (κ2) is 15.1. The van der Waals surface area contributed by atoms with E-state index in [4.69, 9.17) is 18.6 Å². The molecule has 0 radical (unpaired) electrons. The van der Waals surface area contributed by atoms with Gasteiger partial charge in [0.1, 0.15) is 19.5 Å². The summed E-state index contributed by atoms with van der Waals surface area (Å²) in [6, 6.07) is 11.0. The molecule has 0 saturated heterocycles. The highest BCUT2D eigenvalue weighted by Crippen LogP contribution is 2.22. The summed E-state index contributed by atoms with van der Waals surface area (Å²) in [7, 11) is 0. The van der Waals surface area contributed by atoms with Gasteiger partial charge in [0.25, 0.3) is 0 Å². The number of aliphatic hydroxyl groups excluding tert-OH is 1. The lowest BCUT2D eigenvalue weighted by Gasteiger charge is -2.28. The topological polar surface area (TPSA) is 139 Å². The number of aliphatic hydroxyl groups is 1. The molecule has 0 spiro atoms. The minimum atomic E-state index is -1.19. The molecule has 3 heterocycles. The van der Waals surface area contributed by atoms with E-state index in [9.17, 15) is 14.7 Å². The van der Waals surface area contributed by atoms with E-state index in [1.165, 1.54) is 28.9 Å². The Balaban J connectivity index is 1.35. The van der Waals surface area contributed by atoms with Gasteiger partial charge in [0.15, 0.2) is 13.0 Å². The summed E-state index contributed by atoms with van der Waals surface area (Å²) in [5.41, 5.74) is 6.43. The van der Waals surface area contributed by atoms with Crippen molar-refractivity contribution in [3.05, 3.63) is 88.6 Å². The number of carbonyl (C=O) groups excluding carboxylic acids is 2. The first-order chi connectivity index (χ1) is 19.9. The average molecular weight is 586 g/mol. The van der Waals surface area contributed by atoms with Crippen molar-refractivity contribution in [1.82, 2.24) is 25.6 Å². The minimum Gasteiger partial charge on any atom is -0.479 e. The molecule has 13 heteroatoms. The Kier molecular flexibility index (Phi) is 11.0. The zero-order valence-corrected chi connectivity index (χ0v) is 23.8. The van der Waals surface area contributed by atoms with Crippen LogP contribution in [0.4, 0.5) is 9.59 Å². The Morgan fingerprint density at radius 3 is 2.66 bits per heavy atom. The highest BCUT2D eigenvalue weighted by Gasteiger charge is 2.25. The normalized spacial score (nSPS) is 14.4. The lowest BCUT2D eigenvalue weighted by Crippen LogP contribution is -2.46. The number of hydrogen-bond acceptors (Lipinski definition) is 11. The van der Waals surface area contributed by atoms with Gasteiger partial charge in [0.05, 0.1) is 34.7 Å². The molecule has 0 fully saturated rings. The summed E-state index contributed by atoms with van der Waals surface area (Å²) in [5, 5.41) is 15.3. The summed E-state index contributed by atoms with van der Waals surface area (Å²) in [5.74, 6) is 0. The second-order valence-corrected chi connectivity index (χ2v) is 10.5. The molecule has 1 aliphatic heterocycles. The fraction of sp³-hybridized carbons (Fsp3) is 0.393. The number of nitrogens with one attached hydrogen (secondary N) is 2. The molecule has 2 unspecified atom stereocenters. The number of benzene rings is 1. The molecule has 1 aliphatic rings. The van der Waals surface area contributed by atoms with E-state index in [1.54, 1.807) is 24.0 Å². The van der Waals surface area contributed by atoms with Crippen LogP contribution in [0.15, 0.2) is 77.0 Å². The SMILES string of the molecule is CC(C)N1COC=C1COC(=O)NN(CCCC(NC(=O)OCc1cncs1)c1ccccc1)C(O)c1ccoc1. The number of rotatable bonds is 14. The van der Waals surface area contributed by atoms with E-state index in [2.05, 4.69) is 15.7 Å². The molecule has 0 aliphatic carbocycles. The first kappa shape index (κ1) is 29.9. The molecule has 3 aromatic rings. The summed E-state index contributed by atoms with van der Waals surface area (Å²) in [6.07, 6.45) is 4.60. The van der Waals surface area contributed by atoms with Crippen LogP contribution in [0.25, 0.3) is 0 Å². The molecular formula is C28H35N5O7S. The van der Waals surface area contributed by atoms with Gasteiger partial charge in [-0.3, -0.25) is 10.4 Å². The van der Waals surface area contributed by atoms with Crippen molar-refractivity contribution in [2.45, 2.75) is 51.6 Å². The van der Waals surface area contributed by atoms with Gasteiger partial charge in [0, 0.05) is 24.3 Å². The molecule has 220 valence electrons. The van der Waals surface area contributed by atoms with Crippen molar-refractivity contribution < 1.29 is 33.3 Å². The predicted octanol–water partition coefficient (Wildman–Crippen LogP) is 4.66. The van der Waals surface area contributed by atoms with Crippen LogP contribution in [0.1, 0.15) is 55.0 Å². The zero-order chi connectivity index (χ0) is 29.0. The Morgan fingerprint density at radius 2 is 1.95 bits per heavy atom. The summed E-state index contributed by atoms with van der Waals surface area (Å²) in [6.45, 7) is 4.83. The minimum absolute atomic E-state index is 0.0172. The lowest BCUT2D eigenvalue weighted by molar-refractivity contribution is -0.0349. The maximum Gasteiger partial charge on any atom is 0.422 e. The Bertz CT molecular complexity index is 1240. The standard InChI is InChI=1S/C28H35N5O7S/c1-20(2)32-19-38-15-23(32)16-39-28(36)31-33(26(34)22-10-12-37-14-22)11-6-9-25(21-7-4-3-5-8-21)30-27(35)40-17-24-13-29-18-41-24/h3-5,7-8,10,12-15,18,20,25-26,34H,6,9,11,16-17,19H2,1-2H3,(H,30,35)(H,31,36). The number of ether oxygens (including phenoxy) is 3. The zero-order valence-electron chi connectivity index (χ0n) is 23.0. The maximum atomic E-state index is 12.7. The molecule has 0 saturated carbocycles. The van der Waals surface area contributed by atoms with Crippen molar-refractivity contribution in [1.29, 1.82) is 0 Å². The molecule has 2 amide bonds. The number of carbonyl (C=O) groups is 2. The average Bonchev–Trinajstić information content (AvgIpc) is 3.77. The van der Waals surface area contributed by atoms with E-state index in [0.717, 1.165) is 16.1 Å². The van der Waals surface area contributed by atoms with Crippen LogP contribution in [0.2, 0.25) is 0 Å². The first-order valence-corrected chi connectivity index (χ1v) is 14.1. The molecule has 2 aromatic heterocycles. The summed E-state index contributed by atoms with van der Waals surface area (Å²) in [4.78, 5) is 32.1. The Hall–Kier alpha value is -4.07. The van der Waals surface area contributed by atoms with Gasteiger partial charge in [-0.15, -0.1) is 11.3 Å². The summed E-state index contributed by atoms with van der Waals surface area (Å²) < 4.78 is 21.3. The number of hydrogen-bond donors (Lipinski definition) is 3. The van der Waals surface area contributed by atoms with Gasteiger partial charge in [-0.2, -0.15) is 5.01 Å². The van der Waals surface area contributed by atoms with E-state index in [0.29, 0.717) is 25.1 Å². The Morgan fingerprint density at radius 1 is 1.15 bits per heavy atom. The highest BCUT2D eigenvalue weighted by molar-refractivity contribution is 7.09. The van der Waals surface area contributed by atoms with Crippen LogP contribution in [0.5, 0.6) is 0 Å². The maximum absolute atomic E-state index is 12.7. The van der Waals surface area contributed by atoms with Crippen molar-refractivity contribution in [2.75, 3.05) is 19.9 Å². The van der Waals surface area contributed by atoms with Crippen LogP contribution in [-0.2, 0) is 20.8 Å².